The quantitative estimate of drug-likeness (QED) is 0.863. The first kappa shape index (κ1) is 16.0. The molecule has 5 nitrogen and oxygen atoms in total. The van der Waals surface area contributed by atoms with E-state index in [-0.39, 0.29) is 18.1 Å². The average Bonchev–Trinajstić information content (AvgIpc) is 3.04. The summed E-state index contributed by atoms with van der Waals surface area (Å²) in [5.41, 5.74) is 1.92. The first-order valence-electron chi connectivity index (χ1n) is 8.56. The number of rotatable bonds is 3. The van der Waals surface area contributed by atoms with Gasteiger partial charge in [0.2, 0.25) is 5.91 Å². The van der Waals surface area contributed by atoms with Crippen LogP contribution in [0.1, 0.15) is 12.0 Å². The van der Waals surface area contributed by atoms with E-state index < -0.39 is 0 Å². The molecule has 5 heteroatoms. The third-order valence-electron chi connectivity index (χ3n) is 5.07. The van der Waals surface area contributed by atoms with Gasteiger partial charge in [-0.05, 0) is 18.2 Å². The summed E-state index contributed by atoms with van der Waals surface area (Å²) in [6.45, 7) is 1.40. The summed E-state index contributed by atoms with van der Waals surface area (Å²) in [6.07, 6.45) is 0.741. The fraction of sp³-hybridized carbons (Fsp3) is 0.350. The second kappa shape index (κ2) is 6.41. The van der Waals surface area contributed by atoms with Crippen LogP contribution in [0.15, 0.2) is 48.5 Å². The van der Waals surface area contributed by atoms with Crippen LogP contribution in [-0.2, 0) is 11.3 Å². The largest absolute Gasteiger partial charge is 0.496 e. The van der Waals surface area contributed by atoms with Crippen LogP contribution in [0, 0.1) is 0 Å². The Morgan fingerprint density at radius 2 is 1.92 bits per heavy atom. The highest BCUT2D eigenvalue weighted by molar-refractivity contribution is 5.98. The maximum absolute atomic E-state index is 13.1. The number of ether oxygens (including phenoxy) is 2. The van der Waals surface area contributed by atoms with E-state index in [0.717, 1.165) is 29.3 Å². The van der Waals surface area contributed by atoms with Crippen LogP contribution in [-0.4, -0.2) is 43.7 Å². The Labute approximate surface area is 147 Å². The van der Waals surface area contributed by atoms with E-state index in [0.29, 0.717) is 13.0 Å². The second-order valence-electron chi connectivity index (χ2n) is 6.60. The lowest BCUT2D eigenvalue weighted by molar-refractivity contribution is -0.122. The van der Waals surface area contributed by atoms with Crippen molar-refractivity contribution in [3.8, 4) is 11.5 Å². The normalized spacial score (nSPS) is 22.8. The van der Waals surface area contributed by atoms with Crippen molar-refractivity contribution in [2.75, 3.05) is 25.6 Å². The number of likely N-dealkylation sites (tertiary alicyclic amines) is 1. The highest BCUT2D eigenvalue weighted by atomic mass is 16.5. The number of hydrogen-bond donors (Lipinski definition) is 0. The van der Waals surface area contributed by atoms with Gasteiger partial charge in [-0.3, -0.25) is 9.69 Å². The summed E-state index contributed by atoms with van der Waals surface area (Å²) in [7, 11) is 3.50. The summed E-state index contributed by atoms with van der Waals surface area (Å²) >= 11 is 0. The van der Waals surface area contributed by atoms with E-state index in [1.165, 1.54) is 0 Å². The minimum absolute atomic E-state index is 0.0264. The maximum Gasteiger partial charge on any atom is 0.244 e. The molecular formula is C20H22N2O3. The van der Waals surface area contributed by atoms with Gasteiger partial charge in [0.1, 0.15) is 17.6 Å². The molecule has 1 amide bonds. The third kappa shape index (κ3) is 2.85. The molecule has 0 aliphatic carbocycles. The smallest absolute Gasteiger partial charge is 0.244 e. The molecule has 0 N–H and O–H groups in total. The van der Waals surface area contributed by atoms with Crippen molar-refractivity contribution in [2.45, 2.75) is 25.1 Å². The molecule has 0 saturated carbocycles. The fourth-order valence-electron chi connectivity index (χ4n) is 3.79. The van der Waals surface area contributed by atoms with Crippen LogP contribution >= 0.6 is 0 Å². The van der Waals surface area contributed by atoms with Gasteiger partial charge >= 0.3 is 0 Å². The number of nitrogens with zero attached hydrogens (tertiary/aromatic N) is 2. The van der Waals surface area contributed by atoms with Gasteiger partial charge in [0.15, 0.2) is 0 Å². The molecule has 2 heterocycles. The second-order valence-corrected chi connectivity index (χ2v) is 6.60. The molecule has 130 valence electrons. The van der Waals surface area contributed by atoms with Crippen molar-refractivity contribution in [1.29, 1.82) is 0 Å². The molecule has 0 radical (unpaired) electrons. The van der Waals surface area contributed by atoms with Crippen LogP contribution in [0.5, 0.6) is 11.5 Å². The Kier molecular flexibility index (Phi) is 4.09. The lowest BCUT2D eigenvalue weighted by atomic mass is 10.1. The molecule has 2 aliphatic heterocycles. The molecule has 4 rings (SSSR count). The first-order valence-corrected chi connectivity index (χ1v) is 8.56. The number of methoxy groups -OCH3 is 1. The zero-order chi connectivity index (χ0) is 17.4. The number of likely N-dealkylation sites (N-methyl/N-ethyl adjacent to an activating group) is 1. The van der Waals surface area contributed by atoms with E-state index in [1.807, 2.05) is 55.6 Å². The zero-order valence-corrected chi connectivity index (χ0v) is 14.5. The molecule has 2 bridgehead atoms. The number of carbonyl (C=O) groups is 1. The minimum atomic E-state index is -0.173. The summed E-state index contributed by atoms with van der Waals surface area (Å²) in [4.78, 5) is 17.0. The van der Waals surface area contributed by atoms with Gasteiger partial charge in [0.05, 0.1) is 18.8 Å². The lowest BCUT2D eigenvalue weighted by Crippen LogP contribution is -2.44. The topological polar surface area (TPSA) is 42.0 Å². The number of hydrogen-bond acceptors (Lipinski definition) is 4. The summed E-state index contributed by atoms with van der Waals surface area (Å²) in [5, 5.41) is 0. The monoisotopic (exact) mass is 338 g/mol. The molecular weight excluding hydrogens is 316 g/mol. The van der Waals surface area contributed by atoms with E-state index in [4.69, 9.17) is 9.47 Å². The van der Waals surface area contributed by atoms with Gasteiger partial charge in [-0.15, -0.1) is 0 Å². The van der Waals surface area contributed by atoms with Crippen molar-refractivity contribution < 1.29 is 14.3 Å². The van der Waals surface area contributed by atoms with Gasteiger partial charge in [-0.25, -0.2) is 0 Å². The number of amides is 1. The van der Waals surface area contributed by atoms with Gasteiger partial charge in [0, 0.05) is 32.1 Å². The first-order chi connectivity index (χ1) is 12.2. The van der Waals surface area contributed by atoms with Crippen LogP contribution in [0.25, 0.3) is 0 Å². The van der Waals surface area contributed by atoms with Crippen molar-refractivity contribution >= 4 is 11.6 Å². The van der Waals surface area contributed by atoms with Crippen molar-refractivity contribution in [3.05, 3.63) is 54.1 Å². The number of para-hydroxylation sites is 3. The van der Waals surface area contributed by atoms with Gasteiger partial charge in [-0.1, -0.05) is 30.3 Å². The van der Waals surface area contributed by atoms with Crippen molar-refractivity contribution in [3.63, 3.8) is 0 Å². The molecule has 2 aliphatic rings. The number of carbonyl (C=O) groups excluding carboxylic acids is 1. The van der Waals surface area contributed by atoms with E-state index >= 15 is 0 Å². The molecule has 0 aromatic heterocycles. The Morgan fingerprint density at radius 3 is 2.76 bits per heavy atom. The molecule has 1 saturated heterocycles. The lowest BCUT2D eigenvalue weighted by Gasteiger charge is -2.29. The summed E-state index contributed by atoms with van der Waals surface area (Å²) in [5.74, 6) is 1.75. The Hall–Kier alpha value is -2.53. The highest BCUT2D eigenvalue weighted by Crippen LogP contribution is 2.36. The Balaban J connectivity index is 1.63. The van der Waals surface area contributed by atoms with Crippen LogP contribution in [0.3, 0.4) is 0 Å². The predicted octanol–water partition coefficient (Wildman–Crippen LogP) is 2.69. The molecule has 2 atom stereocenters. The summed E-state index contributed by atoms with van der Waals surface area (Å²) < 4.78 is 11.7. The molecule has 25 heavy (non-hydrogen) atoms. The fourth-order valence-corrected chi connectivity index (χ4v) is 3.79. The van der Waals surface area contributed by atoms with Crippen molar-refractivity contribution in [1.82, 2.24) is 4.90 Å². The van der Waals surface area contributed by atoms with E-state index in [1.54, 1.807) is 12.0 Å². The highest BCUT2D eigenvalue weighted by Gasteiger charge is 2.42. The maximum atomic E-state index is 13.1. The van der Waals surface area contributed by atoms with Gasteiger partial charge < -0.3 is 14.4 Å². The standard InChI is InChI=1S/C20H22N2O3/c1-21-16-8-4-6-10-19(16)25-15-11-17(20(21)23)22(13-15)12-14-7-3-5-9-18(14)24-2/h3-10,15,17H,11-13H2,1-2H3/t15-,17-/m0/s1. The number of fused-ring (bicyclic) bond motifs is 3. The van der Waals surface area contributed by atoms with Crippen LogP contribution < -0.4 is 14.4 Å². The van der Waals surface area contributed by atoms with E-state index in [9.17, 15) is 4.79 Å². The van der Waals surface area contributed by atoms with Crippen LogP contribution in [0.2, 0.25) is 0 Å². The Bertz CT molecular complexity index is 792. The van der Waals surface area contributed by atoms with Gasteiger partial charge in [-0.2, -0.15) is 0 Å². The number of anilines is 1. The number of benzene rings is 2. The third-order valence-corrected chi connectivity index (χ3v) is 5.07. The molecule has 0 spiro atoms. The van der Waals surface area contributed by atoms with E-state index in [2.05, 4.69) is 4.90 Å². The molecule has 2 aromatic carbocycles. The van der Waals surface area contributed by atoms with Crippen molar-refractivity contribution in [2.24, 2.45) is 0 Å². The minimum Gasteiger partial charge on any atom is -0.496 e. The van der Waals surface area contributed by atoms with Gasteiger partial charge in [0.25, 0.3) is 0 Å². The summed E-state index contributed by atoms with van der Waals surface area (Å²) in [6, 6.07) is 15.5. The average molecular weight is 338 g/mol. The predicted molar refractivity (Wildman–Crippen MR) is 96.1 cm³/mol. The SMILES string of the molecule is COc1ccccc1CN1C[C@@H]2C[C@H]1C(=O)N(C)c1ccccc1O2. The molecule has 0 unspecified atom stereocenters. The van der Waals surface area contributed by atoms with Crippen LogP contribution in [0.4, 0.5) is 5.69 Å². The molecule has 1 fully saturated rings. The zero-order valence-electron chi connectivity index (χ0n) is 14.5. The Morgan fingerprint density at radius 1 is 1.16 bits per heavy atom. The molecule has 2 aromatic rings.